The van der Waals surface area contributed by atoms with Crippen molar-refractivity contribution in [1.29, 1.82) is 0 Å². The Morgan fingerprint density at radius 1 is 1.26 bits per heavy atom. The summed E-state index contributed by atoms with van der Waals surface area (Å²) < 4.78 is 38.1. The van der Waals surface area contributed by atoms with Crippen LogP contribution in [0, 0.1) is 12.3 Å². The van der Waals surface area contributed by atoms with Crippen molar-refractivity contribution >= 4 is 17.6 Å². The zero-order chi connectivity index (χ0) is 18.0. The summed E-state index contributed by atoms with van der Waals surface area (Å²) in [7, 11) is 0. The van der Waals surface area contributed by atoms with Crippen molar-refractivity contribution in [1.82, 2.24) is 0 Å². The standard InChI is InChI=1S/C16H16F3NO3/c1-5-8-20(14(23)16(17,18)19)10-6-7-11(13(21)22)12(9-10)15(2,3)4/h1,6-7,9H,8H2,2-4H3,(H,21,22). The molecule has 0 spiro atoms. The highest BCUT2D eigenvalue weighted by Crippen LogP contribution is 2.31. The van der Waals surface area contributed by atoms with Gasteiger partial charge in [0.05, 0.1) is 12.1 Å². The first-order valence-corrected chi connectivity index (χ1v) is 6.59. The lowest BCUT2D eigenvalue weighted by Crippen LogP contribution is -2.41. The number of halogens is 3. The molecule has 0 unspecified atom stereocenters. The van der Waals surface area contributed by atoms with E-state index in [0.717, 1.165) is 6.07 Å². The fourth-order valence-electron chi connectivity index (χ4n) is 2.03. The maximum Gasteiger partial charge on any atom is 0.471 e. The van der Waals surface area contributed by atoms with Crippen LogP contribution >= 0.6 is 0 Å². The van der Waals surface area contributed by atoms with Crippen LogP contribution in [0.25, 0.3) is 0 Å². The van der Waals surface area contributed by atoms with Gasteiger partial charge in [-0.2, -0.15) is 13.2 Å². The van der Waals surface area contributed by atoms with Crippen molar-refractivity contribution in [2.75, 3.05) is 11.4 Å². The molecule has 0 heterocycles. The number of rotatable bonds is 3. The Morgan fingerprint density at radius 2 is 1.83 bits per heavy atom. The molecule has 0 atom stereocenters. The molecule has 1 amide bonds. The molecule has 4 nitrogen and oxygen atoms in total. The molecular weight excluding hydrogens is 311 g/mol. The second-order valence-electron chi connectivity index (χ2n) is 5.88. The normalized spacial score (nSPS) is 11.7. The maximum atomic E-state index is 12.7. The van der Waals surface area contributed by atoms with Gasteiger partial charge in [0.1, 0.15) is 0 Å². The first kappa shape index (κ1) is 18.6. The molecule has 0 saturated heterocycles. The lowest BCUT2D eigenvalue weighted by molar-refractivity contribution is -0.170. The summed E-state index contributed by atoms with van der Waals surface area (Å²) in [6, 6.07) is 3.57. The molecule has 0 aliphatic heterocycles. The Balaban J connectivity index is 3.49. The van der Waals surface area contributed by atoms with Crippen molar-refractivity contribution in [3.63, 3.8) is 0 Å². The Labute approximate surface area is 131 Å². The highest BCUT2D eigenvalue weighted by molar-refractivity contribution is 5.98. The minimum atomic E-state index is -5.08. The third-order valence-corrected chi connectivity index (χ3v) is 3.09. The molecular formula is C16H16F3NO3. The van der Waals surface area contributed by atoms with E-state index in [1.807, 2.05) is 5.92 Å². The first-order chi connectivity index (χ1) is 10.4. The zero-order valence-electron chi connectivity index (χ0n) is 12.9. The third kappa shape index (κ3) is 4.25. The van der Waals surface area contributed by atoms with Gasteiger partial charge in [0.2, 0.25) is 0 Å². The second kappa shape index (κ2) is 6.32. The molecule has 0 fully saturated rings. The topological polar surface area (TPSA) is 57.6 Å². The number of hydrogen-bond acceptors (Lipinski definition) is 2. The molecule has 0 aliphatic rings. The number of carboxylic acids is 1. The molecule has 0 aromatic heterocycles. The van der Waals surface area contributed by atoms with Gasteiger partial charge in [0, 0.05) is 5.69 Å². The molecule has 124 valence electrons. The Kier molecular flexibility index (Phi) is 5.10. The first-order valence-electron chi connectivity index (χ1n) is 6.59. The van der Waals surface area contributed by atoms with Crippen LogP contribution < -0.4 is 4.90 Å². The summed E-state index contributed by atoms with van der Waals surface area (Å²) in [6.07, 6.45) is -0.0347. The van der Waals surface area contributed by atoms with Gasteiger partial charge in [-0.05, 0) is 29.2 Å². The largest absolute Gasteiger partial charge is 0.478 e. The number of hydrogen-bond donors (Lipinski definition) is 1. The summed E-state index contributed by atoms with van der Waals surface area (Å²) >= 11 is 0. The molecule has 1 aromatic carbocycles. The number of aromatic carboxylic acids is 1. The van der Waals surface area contributed by atoms with Crippen molar-refractivity contribution < 1.29 is 27.9 Å². The van der Waals surface area contributed by atoms with Crippen LogP contribution in [0.15, 0.2) is 18.2 Å². The zero-order valence-corrected chi connectivity index (χ0v) is 12.9. The minimum Gasteiger partial charge on any atom is -0.478 e. The van der Waals surface area contributed by atoms with Crippen molar-refractivity contribution in [3.8, 4) is 12.3 Å². The molecule has 1 aromatic rings. The van der Waals surface area contributed by atoms with Gasteiger partial charge >= 0.3 is 18.1 Å². The van der Waals surface area contributed by atoms with E-state index in [2.05, 4.69) is 0 Å². The van der Waals surface area contributed by atoms with E-state index < -0.39 is 30.0 Å². The number of amides is 1. The molecule has 1 rings (SSSR count). The van der Waals surface area contributed by atoms with E-state index in [1.54, 1.807) is 20.8 Å². The summed E-state index contributed by atoms with van der Waals surface area (Å²) in [5.41, 5.74) is -0.478. The Morgan fingerprint density at radius 3 is 2.22 bits per heavy atom. The Bertz CT molecular complexity index is 667. The highest BCUT2D eigenvalue weighted by atomic mass is 19.4. The van der Waals surface area contributed by atoms with E-state index in [0.29, 0.717) is 10.5 Å². The maximum absolute atomic E-state index is 12.7. The van der Waals surface area contributed by atoms with E-state index in [4.69, 9.17) is 6.42 Å². The van der Waals surface area contributed by atoms with Gasteiger partial charge in [-0.15, -0.1) is 6.42 Å². The minimum absolute atomic E-state index is 0.0404. The number of alkyl halides is 3. The van der Waals surface area contributed by atoms with Crippen molar-refractivity contribution in [2.45, 2.75) is 32.4 Å². The number of benzene rings is 1. The fraction of sp³-hybridized carbons (Fsp3) is 0.375. The third-order valence-electron chi connectivity index (χ3n) is 3.09. The van der Waals surface area contributed by atoms with Crippen LogP contribution in [-0.4, -0.2) is 29.7 Å². The summed E-state index contributed by atoms with van der Waals surface area (Å²) in [5, 5.41) is 9.21. The van der Waals surface area contributed by atoms with E-state index >= 15 is 0 Å². The monoisotopic (exact) mass is 327 g/mol. The lowest BCUT2D eigenvalue weighted by atomic mass is 9.83. The van der Waals surface area contributed by atoms with E-state index in [9.17, 15) is 27.9 Å². The molecule has 7 heteroatoms. The number of nitrogens with zero attached hydrogens (tertiary/aromatic N) is 1. The number of carboxylic acid groups (broad SMARTS) is 1. The van der Waals surface area contributed by atoms with Gasteiger partial charge in [-0.3, -0.25) is 9.69 Å². The van der Waals surface area contributed by atoms with Crippen LogP contribution in [0.3, 0.4) is 0 Å². The molecule has 0 radical (unpaired) electrons. The highest BCUT2D eigenvalue weighted by Gasteiger charge is 2.43. The molecule has 0 aliphatic carbocycles. The van der Waals surface area contributed by atoms with E-state index in [1.165, 1.54) is 12.1 Å². The number of terminal acetylenes is 1. The molecule has 1 N–H and O–H groups in total. The summed E-state index contributed by atoms with van der Waals surface area (Å²) in [4.78, 5) is 23.2. The predicted molar refractivity (Wildman–Crippen MR) is 79.3 cm³/mol. The summed E-state index contributed by atoms with van der Waals surface area (Å²) in [6.45, 7) is 4.58. The Hall–Kier alpha value is -2.49. The van der Waals surface area contributed by atoms with Crippen LogP contribution in [0.4, 0.5) is 18.9 Å². The lowest BCUT2D eigenvalue weighted by Gasteiger charge is -2.26. The predicted octanol–water partition coefficient (Wildman–Crippen LogP) is 3.21. The quantitative estimate of drug-likeness (QED) is 0.867. The van der Waals surface area contributed by atoms with Gasteiger partial charge in [-0.1, -0.05) is 26.7 Å². The van der Waals surface area contributed by atoms with Gasteiger partial charge in [-0.25, -0.2) is 4.79 Å². The fourth-order valence-corrected chi connectivity index (χ4v) is 2.03. The van der Waals surface area contributed by atoms with Crippen LogP contribution in [0.5, 0.6) is 0 Å². The molecule has 0 saturated carbocycles. The van der Waals surface area contributed by atoms with Gasteiger partial charge in [0.25, 0.3) is 0 Å². The van der Waals surface area contributed by atoms with Crippen LogP contribution in [0.1, 0.15) is 36.7 Å². The average molecular weight is 327 g/mol. The summed E-state index contributed by atoms with van der Waals surface area (Å²) in [5.74, 6) is -1.30. The number of carbonyl (C=O) groups excluding carboxylic acids is 1. The smallest absolute Gasteiger partial charge is 0.471 e. The SMILES string of the molecule is C#CCN(C(=O)C(F)(F)F)c1ccc(C(=O)O)c(C(C)(C)C)c1. The second-order valence-corrected chi connectivity index (χ2v) is 5.88. The van der Waals surface area contributed by atoms with Crippen molar-refractivity contribution in [2.24, 2.45) is 0 Å². The van der Waals surface area contributed by atoms with Gasteiger partial charge < -0.3 is 5.11 Å². The van der Waals surface area contributed by atoms with E-state index in [-0.39, 0.29) is 11.3 Å². The van der Waals surface area contributed by atoms with Gasteiger partial charge in [0.15, 0.2) is 0 Å². The average Bonchev–Trinajstić information content (AvgIpc) is 2.41. The molecule has 23 heavy (non-hydrogen) atoms. The van der Waals surface area contributed by atoms with Crippen molar-refractivity contribution in [3.05, 3.63) is 29.3 Å². The van der Waals surface area contributed by atoms with Crippen LogP contribution in [-0.2, 0) is 10.2 Å². The number of anilines is 1. The number of carbonyl (C=O) groups is 2. The van der Waals surface area contributed by atoms with Crippen LogP contribution in [0.2, 0.25) is 0 Å². The molecule has 0 bridgehead atoms.